The number of hydrogen-bond donors (Lipinski definition) is 1. The van der Waals surface area contributed by atoms with E-state index < -0.39 is 0 Å². The number of nitrogens with zero attached hydrogens (tertiary/aromatic N) is 2. The normalized spacial score (nSPS) is 21.1. The lowest BCUT2D eigenvalue weighted by Gasteiger charge is -2.35. The monoisotopic (exact) mass is 359 g/mol. The van der Waals surface area contributed by atoms with Gasteiger partial charge in [-0.05, 0) is 48.7 Å². The third-order valence-corrected chi connectivity index (χ3v) is 5.03. The minimum Gasteiger partial charge on any atom is -0.372 e. The summed E-state index contributed by atoms with van der Waals surface area (Å²) in [5.41, 5.74) is 2.86. The average molecular weight is 359 g/mol. The van der Waals surface area contributed by atoms with Gasteiger partial charge in [-0.2, -0.15) is 0 Å². The van der Waals surface area contributed by atoms with Crippen LogP contribution in [-0.2, 0) is 16.1 Å². The summed E-state index contributed by atoms with van der Waals surface area (Å²) in [4.78, 5) is 31.0. The summed E-state index contributed by atoms with van der Waals surface area (Å²) < 4.78 is 0. The minimum atomic E-state index is -0.339. The number of nitrogens with one attached hydrogen (secondary N) is 1. The molecule has 2 aromatic rings. The number of rotatable bonds is 5. The van der Waals surface area contributed by atoms with Gasteiger partial charge in [-0.25, -0.2) is 0 Å². The predicted octanol–water partition coefficient (Wildman–Crippen LogP) is 3.50. The molecule has 1 aliphatic heterocycles. The van der Waals surface area contributed by atoms with Crippen LogP contribution in [0.15, 0.2) is 73.1 Å². The maximum absolute atomic E-state index is 13.2. The van der Waals surface area contributed by atoms with Crippen LogP contribution in [-0.4, -0.2) is 22.7 Å². The summed E-state index contributed by atoms with van der Waals surface area (Å²) >= 11 is 0. The van der Waals surface area contributed by atoms with Crippen molar-refractivity contribution in [2.24, 2.45) is 5.92 Å². The van der Waals surface area contributed by atoms with E-state index >= 15 is 0 Å². The van der Waals surface area contributed by atoms with Crippen LogP contribution in [0, 0.1) is 5.92 Å². The van der Waals surface area contributed by atoms with Crippen LogP contribution in [0.1, 0.15) is 18.4 Å². The Bertz CT molecular complexity index is 905. The maximum atomic E-state index is 13.2. The first-order valence-corrected chi connectivity index (χ1v) is 9.17. The molecule has 0 saturated carbocycles. The topological polar surface area (TPSA) is 62.3 Å². The van der Waals surface area contributed by atoms with Crippen LogP contribution in [0.2, 0.25) is 0 Å². The fourth-order valence-electron chi connectivity index (χ4n) is 3.57. The average Bonchev–Trinajstić information content (AvgIpc) is 2.71. The first kappa shape index (κ1) is 17.2. The standard InChI is InChI=1S/C22H21N3O2/c26-21-8-4-1-5-17(21)9-10-19-22(27)25(15-16-11-13-23-14-12-16)20-7-3-2-6-18(20)24-19/h1-8,11-14,17,19,24H,9-10,15H2. The van der Waals surface area contributed by atoms with E-state index in [2.05, 4.69) is 10.3 Å². The van der Waals surface area contributed by atoms with Gasteiger partial charge in [0.2, 0.25) is 5.91 Å². The van der Waals surface area contributed by atoms with E-state index in [0.29, 0.717) is 19.4 Å². The van der Waals surface area contributed by atoms with E-state index in [-0.39, 0.29) is 23.7 Å². The Labute approximate surface area is 158 Å². The zero-order valence-corrected chi connectivity index (χ0v) is 14.9. The van der Waals surface area contributed by atoms with Crippen molar-refractivity contribution in [2.75, 3.05) is 10.2 Å². The maximum Gasteiger partial charge on any atom is 0.249 e. The van der Waals surface area contributed by atoms with Crippen molar-refractivity contribution < 1.29 is 9.59 Å². The molecule has 1 aromatic heterocycles. The highest BCUT2D eigenvalue weighted by atomic mass is 16.2. The molecule has 4 rings (SSSR count). The van der Waals surface area contributed by atoms with Crippen LogP contribution < -0.4 is 10.2 Å². The Balaban J connectivity index is 1.54. The quantitative estimate of drug-likeness (QED) is 0.887. The van der Waals surface area contributed by atoms with E-state index in [9.17, 15) is 9.59 Å². The molecular weight excluding hydrogens is 338 g/mol. The Kier molecular flexibility index (Phi) is 4.83. The van der Waals surface area contributed by atoms with Crippen LogP contribution in [0.3, 0.4) is 0 Å². The van der Waals surface area contributed by atoms with Crippen molar-refractivity contribution in [3.8, 4) is 0 Å². The number of allylic oxidation sites excluding steroid dienone is 4. The molecule has 27 heavy (non-hydrogen) atoms. The second-order valence-corrected chi connectivity index (χ2v) is 6.82. The van der Waals surface area contributed by atoms with Gasteiger partial charge < -0.3 is 10.2 Å². The zero-order valence-electron chi connectivity index (χ0n) is 14.9. The van der Waals surface area contributed by atoms with E-state index in [1.54, 1.807) is 24.5 Å². The second-order valence-electron chi connectivity index (χ2n) is 6.82. The molecule has 0 bridgehead atoms. The number of anilines is 2. The molecule has 0 spiro atoms. The number of fused-ring (bicyclic) bond motifs is 1. The molecule has 0 radical (unpaired) electrons. The lowest BCUT2D eigenvalue weighted by molar-refractivity contribution is -0.121. The fourth-order valence-corrected chi connectivity index (χ4v) is 3.57. The smallest absolute Gasteiger partial charge is 0.249 e. The van der Waals surface area contributed by atoms with Gasteiger partial charge >= 0.3 is 0 Å². The Hall–Kier alpha value is -3.21. The number of carbonyl (C=O) groups excluding carboxylic acids is 2. The third kappa shape index (κ3) is 3.67. The molecule has 136 valence electrons. The van der Waals surface area contributed by atoms with Crippen LogP contribution in [0.4, 0.5) is 11.4 Å². The largest absolute Gasteiger partial charge is 0.372 e. The molecule has 2 heterocycles. The van der Waals surface area contributed by atoms with Gasteiger partial charge in [-0.1, -0.05) is 30.4 Å². The van der Waals surface area contributed by atoms with Crippen LogP contribution in [0.5, 0.6) is 0 Å². The summed E-state index contributed by atoms with van der Waals surface area (Å²) in [6.45, 7) is 0.502. The molecule has 5 nitrogen and oxygen atoms in total. The van der Waals surface area contributed by atoms with Crippen molar-refractivity contribution in [3.63, 3.8) is 0 Å². The molecular formula is C22H21N3O2. The van der Waals surface area contributed by atoms with E-state index in [4.69, 9.17) is 0 Å². The number of benzene rings is 1. The molecule has 0 saturated heterocycles. The molecule has 1 aliphatic carbocycles. The minimum absolute atomic E-state index is 0.0355. The third-order valence-electron chi connectivity index (χ3n) is 5.03. The summed E-state index contributed by atoms with van der Waals surface area (Å²) in [5, 5.41) is 3.36. The Morgan fingerprint density at radius 1 is 1.00 bits per heavy atom. The highest BCUT2D eigenvalue weighted by Crippen LogP contribution is 2.34. The Morgan fingerprint density at radius 2 is 1.81 bits per heavy atom. The molecule has 0 fully saturated rings. The first-order chi connectivity index (χ1) is 13.2. The van der Waals surface area contributed by atoms with Gasteiger partial charge in [-0.3, -0.25) is 14.6 Å². The van der Waals surface area contributed by atoms with Gasteiger partial charge in [0.1, 0.15) is 6.04 Å². The number of aromatic nitrogens is 1. The van der Waals surface area contributed by atoms with Crippen molar-refractivity contribution in [1.82, 2.24) is 4.98 Å². The second kappa shape index (κ2) is 7.58. The zero-order chi connectivity index (χ0) is 18.6. The molecule has 2 aliphatic rings. The first-order valence-electron chi connectivity index (χ1n) is 9.17. The number of ketones is 1. The molecule has 2 atom stereocenters. The van der Waals surface area contributed by atoms with Gasteiger partial charge in [0, 0.05) is 18.3 Å². The van der Waals surface area contributed by atoms with Gasteiger partial charge in [0.25, 0.3) is 0 Å². The van der Waals surface area contributed by atoms with Gasteiger partial charge in [0.15, 0.2) is 5.78 Å². The van der Waals surface area contributed by atoms with Crippen molar-refractivity contribution in [1.29, 1.82) is 0 Å². The number of hydrogen-bond acceptors (Lipinski definition) is 4. The number of para-hydroxylation sites is 2. The van der Waals surface area contributed by atoms with Crippen molar-refractivity contribution >= 4 is 23.1 Å². The van der Waals surface area contributed by atoms with Gasteiger partial charge in [-0.15, -0.1) is 0 Å². The fraction of sp³-hybridized carbons (Fsp3) is 0.227. The highest BCUT2D eigenvalue weighted by Gasteiger charge is 2.32. The summed E-state index contributed by atoms with van der Waals surface area (Å²) in [5.74, 6) is -0.00138. The SMILES string of the molecule is O=C1C=CC=CC1CCC1Nc2ccccc2N(Cc2ccncc2)C1=O. The van der Waals surface area contributed by atoms with Gasteiger partial charge in [0.05, 0.1) is 17.9 Å². The van der Waals surface area contributed by atoms with E-state index in [1.807, 2.05) is 53.5 Å². The Morgan fingerprint density at radius 3 is 2.63 bits per heavy atom. The molecule has 1 N–H and O–H groups in total. The van der Waals surface area contributed by atoms with Crippen LogP contribution in [0.25, 0.3) is 0 Å². The van der Waals surface area contributed by atoms with E-state index in [1.165, 1.54) is 0 Å². The highest BCUT2D eigenvalue weighted by molar-refractivity contribution is 6.04. The molecule has 1 aromatic carbocycles. The van der Waals surface area contributed by atoms with Crippen molar-refractivity contribution in [2.45, 2.75) is 25.4 Å². The number of carbonyl (C=O) groups is 2. The predicted molar refractivity (Wildman–Crippen MR) is 105 cm³/mol. The summed E-state index contributed by atoms with van der Waals surface area (Å²) in [7, 11) is 0. The summed E-state index contributed by atoms with van der Waals surface area (Å²) in [6.07, 6.45) is 11.9. The van der Waals surface area contributed by atoms with Crippen LogP contribution >= 0.6 is 0 Å². The molecule has 5 heteroatoms. The lowest BCUT2D eigenvalue weighted by atomic mass is 9.91. The summed E-state index contributed by atoms with van der Waals surface area (Å²) in [6, 6.07) is 11.3. The van der Waals surface area contributed by atoms with Crippen molar-refractivity contribution in [3.05, 3.63) is 78.7 Å². The molecule has 1 amide bonds. The lowest BCUT2D eigenvalue weighted by Crippen LogP contribution is -2.47. The van der Waals surface area contributed by atoms with E-state index in [0.717, 1.165) is 16.9 Å². The number of amides is 1. The molecule has 2 unspecified atom stereocenters. The number of pyridine rings is 1.